The fourth-order valence-electron chi connectivity index (χ4n) is 3.87. The van der Waals surface area contributed by atoms with Crippen LogP contribution in [0.3, 0.4) is 0 Å². The lowest BCUT2D eigenvalue weighted by Gasteiger charge is -2.34. The summed E-state index contributed by atoms with van der Waals surface area (Å²) in [7, 11) is 4.62. The maximum absolute atomic E-state index is 13.1. The van der Waals surface area contributed by atoms with Crippen LogP contribution in [0.5, 0.6) is 17.2 Å². The molecule has 9 nitrogen and oxygen atoms in total. The second kappa shape index (κ2) is 10.4. The van der Waals surface area contributed by atoms with Gasteiger partial charge in [0.05, 0.1) is 21.3 Å². The Morgan fingerprint density at radius 1 is 0.939 bits per heavy atom. The quantitative estimate of drug-likeness (QED) is 0.515. The number of piperazine rings is 1. The molecule has 33 heavy (non-hydrogen) atoms. The summed E-state index contributed by atoms with van der Waals surface area (Å²) in [6.45, 7) is 3.61. The highest BCUT2D eigenvalue weighted by molar-refractivity contribution is 5.95. The molecular formula is C24H28N4O5. The molecule has 0 aliphatic carbocycles. The summed E-state index contributed by atoms with van der Waals surface area (Å²) in [5.74, 6) is 2.49. The van der Waals surface area contributed by atoms with E-state index in [2.05, 4.69) is 15.1 Å². The molecule has 1 aliphatic heterocycles. The lowest BCUT2D eigenvalue weighted by atomic mass is 10.1. The number of carbonyl (C=O) groups is 1. The van der Waals surface area contributed by atoms with Crippen LogP contribution in [0, 0.1) is 0 Å². The van der Waals surface area contributed by atoms with Gasteiger partial charge >= 0.3 is 0 Å². The monoisotopic (exact) mass is 452 g/mol. The molecular weight excluding hydrogens is 424 g/mol. The zero-order valence-corrected chi connectivity index (χ0v) is 19.1. The number of hydrogen-bond acceptors (Lipinski definition) is 8. The van der Waals surface area contributed by atoms with Crippen LogP contribution >= 0.6 is 0 Å². The van der Waals surface area contributed by atoms with Gasteiger partial charge < -0.3 is 23.5 Å². The number of methoxy groups -OCH3 is 3. The molecule has 1 aromatic heterocycles. The minimum atomic E-state index is -0.0571. The van der Waals surface area contributed by atoms with Crippen molar-refractivity contribution in [1.82, 2.24) is 20.0 Å². The summed E-state index contributed by atoms with van der Waals surface area (Å²) in [6, 6.07) is 13.1. The van der Waals surface area contributed by atoms with E-state index in [9.17, 15) is 4.79 Å². The lowest BCUT2D eigenvalue weighted by molar-refractivity contribution is 0.0635. The fraction of sp³-hybridized carbons (Fsp3) is 0.375. The van der Waals surface area contributed by atoms with Crippen molar-refractivity contribution in [3.05, 3.63) is 53.9 Å². The Morgan fingerprint density at radius 3 is 2.21 bits per heavy atom. The molecule has 1 fully saturated rings. The van der Waals surface area contributed by atoms with E-state index in [-0.39, 0.29) is 5.91 Å². The molecule has 0 atom stereocenters. The third-order valence-corrected chi connectivity index (χ3v) is 5.70. The second-order valence-corrected chi connectivity index (χ2v) is 7.66. The van der Waals surface area contributed by atoms with Crippen LogP contribution in [0.4, 0.5) is 0 Å². The number of amides is 1. The Labute approximate surface area is 192 Å². The van der Waals surface area contributed by atoms with Gasteiger partial charge in [0.25, 0.3) is 5.91 Å². The van der Waals surface area contributed by atoms with E-state index in [0.717, 1.165) is 25.2 Å². The molecule has 1 saturated heterocycles. The number of hydrogen-bond donors (Lipinski definition) is 0. The van der Waals surface area contributed by atoms with Crippen LogP contribution < -0.4 is 14.2 Å². The van der Waals surface area contributed by atoms with Gasteiger partial charge in [0.1, 0.15) is 0 Å². The Morgan fingerprint density at radius 2 is 1.61 bits per heavy atom. The zero-order valence-electron chi connectivity index (χ0n) is 19.1. The minimum Gasteiger partial charge on any atom is -0.493 e. The summed E-state index contributed by atoms with van der Waals surface area (Å²) in [6.07, 6.45) is 0.667. The molecule has 0 N–H and O–H groups in total. The van der Waals surface area contributed by atoms with E-state index < -0.39 is 0 Å². The molecule has 174 valence electrons. The summed E-state index contributed by atoms with van der Waals surface area (Å²) >= 11 is 0. The van der Waals surface area contributed by atoms with Crippen molar-refractivity contribution >= 4 is 5.91 Å². The molecule has 0 unspecified atom stereocenters. The number of nitrogens with zero attached hydrogens (tertiary/aromatic N) is 4. The molecule has 0 bridgehead atoms. The highest BCUT2D eigenvalue weighted by Crippen LogP contribution is 2.38. The van der Waals surface area contributed by atoms with Gasteiger partial charge in [-0.1, -0.05) is 18.2 Å². The molecule has 4 rings (SSSR count). The first-order valence-corrected chi connectivity index (χ1v) is 10.8. The Kier molecular flexibility index (Phi) is 7.09. The molecule has 9 heteroatoms. The third kappa shape index (κ3) is 5.09. The third-order valence-electron chi connectivity index (χ3n) is 5.70. The smallest absolute Gasteiger partial charge is 0.254 e. The highest BCUT2D eigenvalue weighted by atomic mass is 16.5. The van der Waals surface area contributed by atoms with Crippen LogP contribution in [0.25, 0.3) is 11.5 Å². The molecule has 1 aliphatic rings. The Hall–Kier alpha value is -3.59. The molecule has 0 spiro atoms. The average Bonchev–Trinajstić information content (AvgIpc) is 3.36. The van der Waals surface area contributed by atoms with Gasteiger partial charge in [-0.3, -0.25) is 9.69 Å². The summed E-state index contributed by atoms with van der Waals surface area (Å²) in [4.78, 5) is 17.2. The normalized spacial score (nSPS) is 14.2. The molecule has 2 heterocycles. The Balaban J connectivity index is 1.32. The zero-order chi connectivity index (χ0) is 23.2. The summed E-state index contributed by atoms with van der Waals surface area (Å²) in [5.41, 5.74) is 1.42. The van der Waals surface area contributed by atoms with Crippen LogP contribution in [0.15, 0.2) is 46.9 Å². The number of rotatable bonds is 8. The molecule has 2 aromatic carbocycles. The van der Waals surface area contributed by atoms with Crippen molar-refractivity contribution in [3.8, 4) is 28.7 Å². The van der Waals surface area contributed by atoms with Crippen molar-refractivity contribution in [2.45, 2.75) is 6.42 Å². The first-order chi connectivity index (χ1) is 16.1. The van der Waals surface area contributed by atoms with Gasteiger partial charge in [-0.2, -0.15) is 0 Å². The van der Waals surface area contributed by atoms with Crippen molar-refractivity contribution in [2.24, 2.45) is 0 Å². The fourth-order valence-corrected chi connectivity index (χ4v) is 3.87. The predicted octanol–water partition coefficient (Wildman–Crippen LogP) is 2.76. The molecule has 0 saturated carbocycles. The maximum Gasteiger partial charge on any atom is 0.254 e. The number of aromatic nitrogens is 2. The van der Waals surface area contributed by atoms with Crippen molar-refractivity contribution in [1.29, 1.82) is 0 Å². The summed E-state index contributed by atoms with van der Waals surface area (Å²) < 4.78 is 21.9. The number of benzene rings is 2. The van der Waals surface area contributed by atoms with Crippen LogP contribution in [-0.4, -0.2) is 80.0 Å². The van der Waals surface area contributed by atoms with Crippen LogP contribution in [-0.2, 0) is 6.42 Å². The van der Waals surface area contributed by atoms with Crippen molar-refractivity contribution in [3.63, 3.8) is 0 Å². The van der Waals surface area contributed by atoms with E-state index in [1.807, 2.05) is 35.2 Å². The predicted molar refractivity (Wildman–Crippen MR) is 122 cm³/mol. The van der Waals surface area contributed by atoms with Gasteiger partial charge in [-0.05, 0) is 24.3 Å². The summed E-state index contributed by atoms with van der Waals surface area (Å²) in [5, 5.41) is 8.31. The highest BCUT2D eigenvalue weighted by Gasteiger charge is 2.25. The number of carbonyl (C=O) groups excluding carboxylic acids is 1. The minimum absolute atomic E-state index is 0.0571. The van der Waals surface area contributed by atoms with E-state index in [1.165, 1.54) is 21.3 Å². The number of ether oxygens (including phenoxy) is 3. The lowest BCUT2D eigenvalue weighted by Crippen LogP contribution is -2.49. The standard InChI is InChI=1S/C24H28N4O5/c1-30-19-15-18(16-20(31-2)22(19)32-3)24(29)28-13-11-27(12-14-28)10-9-21-25-26-23(33-21)17-7-5-4-6-8-17/h4-8,15-16H,9-14H2,1-3H3. The largest absolute Gasteiger partial charge is 0.493 e. The molecule has 1 amide bonds. The van der Waals surface area contributed by atoms with E-state index >= 15 is 0 Å². The van der Waals surface area contributed by atoms with Crippen LogP contribution in [0.2, 0.25) is 0 Å². The first-order valence-electron chi connectivity index (χ1n) is 10.8. The van der Waals surface area contributed by atoms with Crippen LogP contribution in [0.1, 0.15) is 16.2 Å². The first kappa shape index (κ1) is 22.6. The average molecular weight is 453 g/mol. The molecule has 0 radical (unpaired) electrons. The van der Waals surface area contributed by atoms with Gasteiger partial charge in [0, 0.05) is 50.3 Å². The van der Waals surface area contributed by atoms with Gasteiger partial charge in [0.2, 0.25) is 17.5 Å². The molecule has 3 aromatic rings. The van der Waals surface area contributed by atoms with Gasteiger partial charge in [-0.15, -0.1) is 10.2 Å². The van der Waals surface area contributed by atoms with Crippen molar-refractivity contribution in [2.75, 3.05) is 54.1 Å². The van der Waals surface area contributed by atoms with E-state index in [1.54, 1.807) is 12.1 Å². The topological polar surface area (TPSA) is 90.2 Å². The Bertz CT molecular complexity index is 1050. The van der Waals surface area contributed by atoms with Crippen molar-refractivity contribution < 1.29 is 23.4 Å². The van der Waals surface area contributed by atoms with Gasteiger partial charge in [0.15, 0.2) is 11.5 Å². The van der Waals surface area contributed by atoms with E-state index in [0.29, 0.717) is 54.1 Å². The maximum atomic E-state index is 13.1. The SMILES string of the molecule is COc1cc(C(=O)N2CCN(CCc3nnc(-c4ccccc4)o3)CC2)cc(OC)c1OC. The van der Waals surface area contributed by atoms with Gasteiger partial charge in [-0.25, -0.2) is 0 Å². The second-order valence-electron chi connectivity index (χ2n) is 7.66. The van der Waals surface area contributed by atoms with E-state index in [4.69, 9.17) is 18.6 Å².